The van der Waals surface area contributed by atoms with E-state index in [1.165, 1.54) is 11.9 Å². The average Bonchev–Trinajstić information content (AvgIpc) is 2.71. The van der Waals surface area contributed by atoms with Gasteiger partial charge in [0.2, 0.25) is 11.8 Å². The molecule has 1 rings (SSSR count). The van der Waals surface area contributed by atoms with Crippen molar-refractivity contribution in [1.29, 1.82) is 0 Å². The summed E-state index contributed by atoms with van der Waals surface area (Å²) in [7, 11) is 3.41. The number of likely N-dealkylation sites (N-methyl/N-ethyl adjacent to an activating group) is 2. The third-order valence-corrected chi connectivity index (χ3v) is 3.80. The van der Waals surface area contributed by atoms with Gasteiger partial charge in [0.05, 0.1) is 16.9 Å². The molecule has 0 fully saturated rings. The Morgan fingerprint density at radius 1 is 1.39 bits per heavy atom. The van der Waals surface area contributed by atoms with Crippen LogP contribution in [0.4, 0.5) is 0 Å². The number of rotatable bonds is 6. The molecule has 0 atom stereocenters. The van der Waals surface area contributed by atoms with Crippen molar-refractivity contribution in [2.45, 2.75) is 6.54 Å². The van der Waals surface area contributed by atoms with Gasteiger partial charge in [-0.2, -0.15) is 0 Å². The van der Waals surface area contributed by atoms with E-state index in [0.29, 0.717) is 6.54 Å². The first-order valence-electron chi connectivity index (χ1n) is 5.41. The van der Waals surface area contributed by atoms with Gasteiger partial charge in [0.15, 0.2) is 0 Å². The highest BCUT2D eigenvalue weighted by atomic mass is 79.9. The van der Waals surface area contributed by atoms with Crippen LogP contribution < -0.4 is 10.6 Å². The van der Waals surface area contributed by atoms with Crippen LogP contribution in [0.3, 0.4) is 0 Å². The number of amides is 2. The summed E-state index contributed by atoms with van der Waals surface area (Å²) in [6.07, 6.45) is 0. The molecule has 0 saturated carbocycles. The van der Waals surface area contributed by atoms with E-state index in [2.05, 4.69) is 26.6 Å². The van der Waals surface area contributed by atoms with Gasteiger partial charge in [-0.1, -0.05) is 0 Å². The fraction of sp³-hybridized carbons (Fsp3) is 0.455. The quantitative estimate of drug-likeness (QED) is 0.809. The summed E-state index contributed by atoms with van der Waals surface area (Å²) < 4.78 is 1.08. The zero-order valence-electron chi connectivity index (χ0n) is 10.3. The van der Waals surface area contributed by atoms with Crippen molar-refractivity contribution in [3.05, 3.63) is 20.8 Å². The minimum atomic E-state index is -0.201. The highest BCUT2D eigenvalue weighted by Gasteiger charge is 2.09. The molecule has 0 aromatic carbocycles. The molecule has 1 heterocycles. The first-order valence-corrected chi connectivity index (χ1v) is 7.02. The number of halogens is 1. The van der Waals surface area contributed by atoms with Crippen LogP contribution in [0.25, 0.3) is 0 Å². The van der Waals surface area contributed by atoms with Gasteiger partial charge in [-0.05, 0) is 35.1 Å². The molecule has 1 aromatic rings. The fourth-order valence-electron chi connectivity index (χ4n) is 1.33. The molecule has 0 radical (unpaired) electrons. The van der Waals surface area contributed by atoms with E-state index in [9.17, 15) is 9.59 Å². The Kier molecular flexibility index (Phi) is 6.31. The molecule has 1 aromatic heterocycles. The summed E-state index contributed by atoms with van der Waals surface area (Å²) in [5.41, 5.74) is 0. The van der Waals surface area contributed by atoms with Crippen LogP contribution in [0.2, 0.25) is 0 Å². The summed E-state index contributed by atoms with van der Waals surface area (Å²) >= 11 is 5.04. The van der Waals surface area contributed by atoms with Crippen LogP contribution in [-0.2, 0) is 16.1 Å². The SMILES string of the molecule is CNC(=O)CNC(=O)CN(C)Cc1ccc(Br)s1. The third kappa shape index (κ3) is 5.61. The number of hydrogen-bond acceptors (Lipinski definition) is 4. The van der Waals surface area contributed by atoms with Crippen LogP contribution in [0.15, 0.2) is 15.9 Å². The third-order valence-electron chi connectivity index (χ3n) is 2.19. The minimum Gasteiger partial charge on any atom is -0.358 e. The number of carbonyl (C=O) groups is 2. The predicted octanol–water partition coefficient (Wildman–Crippen LogP) is 0.805. The van der Waals surface area contributed by atoms with Crippen molar-refractivity contribution in [3.63, 3.8) is 0 Å². The summed E-state index contributed by atoms with van der Waals surface area (Å²) in [5, 5.41) is 5.00. The molecular formula is C11H16BrN3O2S. The van der Waals surface area contributed by atoms with E-state index in [0.717, 1.165) is 3.79 Å². The highest BCUT2D eigenvalue weighted by molar-refractivity contribution is 9.11. The molecule has 2 N–H and O–H groups in total. The Hall–Kier alpha value is -0.920. The number of hydrogen-bond donors (Lipinski definition) is 2. The van der Waals surface area contributed by atoms with Gasteiger partial charge in [-0.15, -0.1) is 11.3 Å². The van der Waals surface area contributed by atoms with Crippen molar-refractivity contribution >= 4 is 39.1 Å². The Balaban J connectivity index is 2.29. The maximum atomic E-state index is 11.5. The van der Waals surface area contributed by atoms with Crippen LogP contribution in [0, 0.1) is 0 Å². The van der Waals surface area contributed by atoms with E-state index in [1.807, 2.05) is 24.1 Å². The standard InChI is InChI=1S/C11H16BrN3O2S/c1-13-10(16)5-14-11(17)7-15(2)6-8-3-4-9(12)18-8/h3-4H,5-7H2,1-2H3,(H,13,16)(H,14,17). The molecule has 0 unspecified atom stereocenters. The zero-order valence-corrected chi connectivity index (χ0v) is 12.7. The van der Waals surface area contributed by atoms with Gasteiger partial charge in [0, 0.05) is 18.5 Å². The molecule has 0 aliphatic carbocycles. The van der Waals surface area contributed by atoms with Gasteiger partial charge in [0.25, 0.3) is 0 Å². The maximum Gasteiger partial charge on any atom is 0.239 e. The van der Waals surface area contributed by atoms with Crippen molar-refractivity contribution in [2.24, 2.45) is 0 Å². The lowest BCUT2D eigenvalue weighted by molar-refractivity contribution is -0.126. The normalized spacial score (nSPS) is 10.4. The molecule has 0 saturated heterocycles. The predicted molar refractivity (Wildman–Crippen MR) is 75.4 cm³/mol. The molecule has 7 heteroatoms. The first kappa shape index (κ1) is 15.1. The zero-order chi connectivity index (χ0) is 13.5. The second-order valence-corrected chi connectivity index (χ2v) is 6.38. The van der Waals surface area contributed by atoms with Crippen LogP contribution in [0.1, 0.15) is 4.88 Å². The van der Waals surface area contributed by atoms with Gasteiger partial charge < -0.3 is 10.6 Å². The molecule has 0 aliphatic heterocycles. The van der Waals surface area contributed by atoms with E-state index in [-0.39, 0.29) is 24.9 Å². The summed E-state index contributed by atoms with van der Waals surface area (Å²) in [6, 6.07) is 4.01. The Bertz CT molecular complexity index is 422. The van der Waals surface area contributed by atoms with Crippen molar-refractivity contribution in [3.8, 4) is 0 Å². The van der Waals surface area contributed by atoms with Crippen LogP contribution in [0.5, 0.6) is 0 Å². The van der Waals surface area contributed by atoms with Crippen molar-refractivity contribution < 1.29 is 9.59 Å². The lowest BCUT2D eigenvalue weighted by Crippen LogP contribution is -2.40. The summed E-state index contributed by atoms with van der Waals surface area (Å²) in [5.74, 6) is -0.357. The summed E-state index contributed by atoms with van der Waals surface area (Å²) in [4.78, 5) is 25.6. The van der Waals surface area contributed by atoms with Gasteiger partial charge >= 0.3 is 0 Å². The topological polar surface area (TPSA) is 61.4 Å². The molecule has 18 heavy (non-hydrogen) atoms. The Morgan fingerprint density at radius 3 is 2.67 bits per heavy atom. The van der Waals surface area contributed by atoms with E-state index < -0.39 is 0 Å². The van der Waals surface area contributed by atoms with Crippen molar-refractivity contribution in [2.75, 3.05) is 27.2 Å². The van der Waals surface area contributed by atoms with E-state index >= 15 is 0 Å². The molecule has 0 spiro atoms. The number of thiophene rings is 1. The molecule has 0 aliphatic rings. The number of nitrogens with zero attached hydrogens (tertiary/aromatic N) is 1. The van der Waals surface area contributed by atoms with E-state index in [4.69, 9.17) is 0 Å². The minimum absolute atomic E-state index is 0.0216. The Labute approximate surface area is 119 Å². The maximum absolute atomic E-state index is 11.5. The van der Waals surface area contributed by atoms with Gasteiger partial charge in [-0.25, -0.2) is 0 Å². The van der Waals surface area contributed by atoms with Crippen molar-refractivity contribution in [1.82, 2.24) is 15.5 Å². The summed E-state index contributed by atoms with van der Waals surface area (Å²) in [6.45, 7) is 1.00. The second-order valence-electron chi connectivity index (χ2n) is 3.83. The van der Waals surface area contributed by atoms with E-state index in [1.54, 1.807) is 11.3 Å². The Morgan fingerprint density at radius 2 is 2.11 bits per heavy atom. The molecule has 100 valence electrons. The largest absolute Gasteiger partial charge is 0.358 e. The smallest absolute Gasteiger partial charge is 0.239 e. The molecule has 2 amide bonds. The average molecular weight is 334 g/mol. The molecule has 5 nitrogen and oxygen atoms in total. The lowest BCUT2D eigenvalue weighted by Gasteiger charge is -2.14. The number of carbonyl (C=O) groups excluding carboxylic acids is 2. The fourth-order valence-corrected chi connectivity index (χ4v) is 2.89. The van der Waals surface area contributed by atoms with Crippen LogP contribution in [-0.4, -0.2) is 43.9 Å². The first-order chi connectivity index (χ1) is 8.51. The number of nitrogens with one attached hydrogen (secondary N) is 2. The molecule has 0 bridgehead atoms. The highest BCUT2D eigenvalue weighted by Crippen LogP contribution is 2.22. The van der Waals surface area contributed by atoms with Crippen LogP contribution >= 0.6 is 27.3 Å². The van der Waals surface area contributed by atoms with Gasteiger partial charge in [-0.3, -0.25) is 14.5 Å². The second kappa shape index (κ2) is 7.50. The monoisotopic (exact) mass is 333 g/mol. The lowest BCUT2D eigenvalue weighted by atomic mass is 10.4. The molecular weight excluding hydrogens is 318 g/mol. The van der Waals surface area contributed by atoms with Gasteiger partial charge in [0.1, 0.15) is 0 Å².